The number of phosphoric acid groups is 1. The van der Waals surface area contributed by atoms with Gasteiger partial charge in [0, 0.05) is 12.8 Å². The smallest absolute Gasteiger partial charge is 0.462 e. The predicted octanol–water partition coefficient (Wildman–Crippen LogP) is 14.9. The number of allylic oxidation sites excluding steroid dienone is 10. The van der Waals surface area contributed by atoms with Crippen molar-refractivity contribution in [1.82, 2.24) is 0 Å². The van der Waals surface area contributed by atoms with Gasteiger partial charge in [-0.05, 0) is 70.6 Å². The summed E-state index contributed by atoms with van der Waals surface area (Å²) in [4.78, 5) is 42.9. The highest BCUT2D eigenvalue weighted by Gasteiger charge is 2.22. The lowest BCUT2D eigenvalue weighted by atomic mass is 10.0. The Morgan fingerprint density at radius 1 is 0.448 bits per heavy atom. The molecule has 0 aromatic rings. The minimum atomic E-state index is -4.78. The van der Waals surface area contributed by atoms with Crippen molar-refractivity contribution >= 4 is 19.8 Å². The highest BCUT2D eigenvalue weighted by molar-refractivity contribution is 7.46. The summed E-state index contributed by atoms with van der Waals surface area (Å²) in [6, 6.07) is 0. The van der Waals surface area contributed by atoms with Gasteiger partial charge in [-0.2, -0.15) is 0 Å². The molecule has 0 unspecified atom stereocenters. The van der Waals surface area contributed by atoms with Crippen LogP contribution < -0.4 is 0 Å². The summed E-state index contributed by atoms with van der Waals surface area (Å²) in [5.74, 6) is -0.985. The third kappa shape index (κ3) is 46.4. The van der Waals surface area contributed by atoms with Crippen LogP contribution in [-0.2, 0) is 28.2 Å². The Balaban J connectivity index is 3.94. The normalized spacial score (nSPS) is 13.0. The summed E-state index contributed by atoms with van der Waals surface area (Å²) in [5.41, 5.74) is 0. The zero-order chi connectivity index (χ0) is 42.5. The summed E-state index contributed by atoms with van der Waals surface area (Å²) in [7, 11) is -4.78. The molecule has 0 saturated heterocycles. The maximum absolute atomic E-state index is 12.4. The largest absolute Gasteiger partial charge is 0.469 e. The van der Waals surface area contributed by atoms with Gasteiger partial charge in [-0.25, -0.2) is 4.57 Å². The lowest BCUT2D eigenvalue weighted by Gasteiger charge is -2.18. The summed E-state index contributed by atoms with van der Waals surface area (Å²) in [6.45, 7) is 3.61. The van der Waals surface area contributed by atoms with Crippen LogP contribution in [0.3, 0.4) is 0 Å². The Hall–Kier alpha value is -2.25. The SMILES string of the molecule is CCCCC/C=C/C/C=C/C/C=C/C/C=C/CCCC(=O)OC[C@H](COP(=O)(O)O)OC(=O)CCC/C=C/CCCCCCCCCCCCCCCCCCCC. The number of ether oxygens (including phenoxy) is 2. The fraction of sp³-hybridized carbons (Fsp3) is 0.755. The van der Waals surface area contributed by atoms with E-state index in [9.17, 15) is 14.2 Å². The van der Waals surface area contributed by atoms with Gasteiger partial charge < -0.3 is 19.3 Å². The molecule has 0 heterocycles. The topological polar surface area (TPSA) is 119 Å². The average molecular weight is 835 g/mol. The number of phosphoric ester groups is 1. The fourth-order valence-electron chi connectivity index (χ4n) is 6.49. The molecule has 0 fully saturated rings. The van der Waals surface area contributed by atoms with E-state index in [0.29, 0.717) is 12.8 Å². The van der Waals surface area contributed by atoms with E-state index in [4.69, 9.17) is 19.3 Å². The molecular weight excluding hydrogens is 748 g/mol. The molecule has 0 spiro atoms. The number of carbonyl (C=O) groups is 2. The lowest BCUT2D eigenvalue weighted by molar-refractivity contribution is -0.161. The van der Waals surface area contributed by atoms with Crippen LogP contribution in [0.25, 0.3) is 0 Å². The van der Waals surface area contributed by atoms with Crippen LogP contribution in [0, 0.1) is 0 Å². The number of esters is 2. The van der Waals surface area contributed by atoms with Crippen molar-refractivity contribution in [3.05, 3.63) is 60.8 Å². The Morgan fingerprint density at radius 3 is 1.21 bits per heavy atom. The first-order chi connectivity index (χ1) is 28.3. The molecule has 0 radical (unpaired) electrons. The highest BCUT2D eigenvalue weighted by atomic mass is 31.2. The number of carbonyl (C=O) groups excluding carboxylic acids is 2. The van der Waals surface area contributed by atoms with E-state index in [1.807, 2.05) is 6.08 Å². The number of hydrogen-bond donors (Lipinski definition) is 2. The van der Waals surface area contributed by atoms with Gasteiger partial charge in [0.1, 0.15) is 6.61 Å². The predicted molar refractivity (Wildman–Crippen MR) is 244 cm³/mol. The first-order valence-electron chi connectivity index (χ1n) is 23.6. The van der Waals surface area contributed by atoms with Gasteiger partial charge in [0.2, 0.25) is 0 Å². The molecule has 0 aliphatic heterocycles. The fourth-order valence-corrected chi connectivity index (χ4v) is 6.85. The van der Waals surface area contributed by atoms with Crippen LogP contribution in [0.4, 0.5) is 0 Å². The molecule has 2 N–H and O–H groups in total. The first-order valence-corrected chi connectivity index (χ1v) is 25.1. The molecule has 0 amide bonds. The van der Waals surface area contributed by atoms with Crippen LogP contribution >= 0.6 is 7.82 Å². The second-order valence-corrected chi connectivity index (χ2v) is 17.0. The van der Waals surface area contributed by atoms with E-state index in [-0.39, 0.29) is 19.4 Å². The van der Waals surface area contributed by atoms with Crippen molar-refractivity contribution in [3.63, 3.8) is 0 Å². The maximum Gasteiger partial charge on any atom is 0.469 e. The molecule has 0 aliphatic rings. The molecule has 9 heteroatoms. The molecule has 0 saturated carbocycles. The van der Waals surface area contributed by atoms with Crippen LogP contribution in [0.1, 0.15) is 219 Å². The third-order valence-electron chi connectivity index (χ3n) is 10.0. The molecule has 0 aromatic carbocycles. The minimum Gasteiger partial charge on any atom is -0.462 e. The number of unbranched alkanes of at least 4 members (excludes halogenated alkanes) is 23. The monoisotopic (exact) mass is 835 g/mol. The van der Waals surface area contributed by atoms with E-state index in [1.165, 1.54) is 141 Å². The van der Waals surface area contributed by atoms with Gasteiger partial charge in [0.25, 0.3) is 0 Å². The van der Waals surface area contributed by atoms with E-state index in [0.717, 1.165) is 38.5 Å². The van der Waals surface area contributed by atoms with Crippen molar-refractivity contribution < 1.29 is 37.9 Å². The molecule has 0 bridgehead atoms. The number of rotatable bonds is 43. The van der Waals surface area contributed by atoms with E-state index in [2.05, 4.69) is 73.1 Å². The highest BCUT2D eigenvalue weighted by Crippen LogP contribution is 2.36. The van der Waals surface area contributed by atoms with Gasteiger partial charge in [-0.3, -0.25) is 14.1 Å². The number of hydrogen-bond acceptors (Lipinski definition) is 6. The maximum atomic E-state index is 12.4. The zero-order valence-corrected chi connectivity index (χ0v) is 38.1. The lowest BCUT2D eigenvalue weighted by Crippen LogP contribution is -2.29. The summed E-state index contributed by atoms with van der Waals surface area (Å²) < 4.78 is 26.4. The Labute approximate surface area is 356 Å². The molecule has 0 aliphatic carbocycles. The summed E-state index contributed by atoms with van der Waals surface area (Å²) >= 11 is 0. The van der Waals surface area contributed by atoms with Gasteiger partial charge in [0.05, 0.1) is 6.61 Å². The minimum absolute atomic E-state index is 0.152. The molecule has 336 valence electrons. The summed E-state index contributed by atoms with van der Waals surface area (Å²) in [6.07, 6.45) is 56.8. The molecule has 8 nitrogen and oxygen atoms in total. The second-order valence-electron chi connectivity index (χ2n) is 15.7. The van der Waals surface area contributed by atoms with Crippen LogP contribution in [-0.4, -0.2) is 41.0 Å². The quantitative estimate of drug-likeness (QED) is 0.0270. The third-order valence-corrected chi connectivity index (χ3v) is 10.5. The molecule has 0 aromatic heterocycles. The Kier molecular flexibility index (Phi) is 42.6. The average Bonchev–Trinajstić information content (AvgIpc) is 3.20. The first kappa shape index (κ1) is 55.8. The van der Waals surface area contributed by atoms with E-state index in [1.54, 1.807) is 0 Å². The zero-order valence-electron chi connectivity index (χ0n) is 37.2. The van der Waals surface area contributed by atoms with Gasteiger partial charge >= 0.3 is 19.8 Å². The van der Waals surface area contributed by atoms with Crippen LogP contribution in [0.5, 0.6) is 0 Å². The van der Waals surface area contributed by atoms with Gasteiger partial charge in [0.15, 0.2) is 6.10 Å². The van der Waals surface area contributed by atoms with Gasteiger partial charge in [-0.1, -0.05) is 197 Å². The van der Waals surface area contributed by atoms with Crippen LogP contribution in [0.15, 0.2) is 60.8 Å². The van der Waals surface area contributed by atoms with Gasteiger partial charge in [-0.15, -0.1) is 0 Å². The van der Waals surface area contributed by atoms with Crippen molar-refractivity contribution in [3.8, 4) is 0 Å². The molecular formula is C49H87O8P. The van der Waals surface area contributed by atoms with Crippen molar-refractivity contribution in [2.45, 2.75) is 225 Å². The molecule has 58 heavy (non-hydrogen) atoms. The second kappa shape index (κ2) is 44.3. The standard InChI is InChI=1S/C49H87O8P/c1-3-5-7-9-11-13-15-17-19-21-22-23-24-25-26-28-30-32-34-36-38-40-42-44-49(51)57-47(46-56-58(52,53)54)45-55-48(50)43-41-39-37-35-33-31-29-27-20-18-16-14-12-10-8-6-4-2/h12,14,18,20,29,31,35-38,47H,3-11,13,15-17,19,21-28,30,32-34,39-46H2,1-2H3,(H2,52,53,54)/b14-12+,20-18+,31-29+,37-35+,38-36+/t47-/m1/s1. The Bertz CT molecular complexity index is 1120. The Morgan fingerprint density at radius 2 is 0.776 bits per heavy atom. The summed E-state index contributed by atoms with van der Waals surface area (Å²) in [5, 5.41) is 0. The van der Waals surface area contributed by atoms with E-state index >= 15 is 0 Å². The molecule has 1 atom stereocenters. The molecule has 0 rings (SSSR count). The van der Waals surface area contributed by atoms with Crippen molar-refractivity contribution in [2.75, 3.05) is 13.2 Å². The van der Waals surface area contributed by atoms with Crippen LogP contribution in [0.2, 0.25) is 0 Å². The van der Waals surface area contributed by atoms with Crippen molar-refractivity contribution in [1.29, 1.82) is 0 Å². The van der Waals surface area contributed by atoms with Crippen molar-refractivity contribution in [2.24, 2.45) is 0 Å². The van der Waals surface area contributed by atoms with E-state index < -0.39 is 32.5 Å².